The molecule has 0 fully saturated rings. The number of hydrogen-bond donors (Lipinski definition) is 2. The van der Waals surface area contributed by atoms with Gasteiger partial charge in [-0.3, -0.25) is 4.68 Å². The molecule has 0 amide bonds. The standard InChI is InChI=1S/C20H28N4O2S2/c1-4-24-13(3)15(12-21-24)22-20(27)23-18-17(19(25)26-5-2)14-10-8-6-7-9-11-16(14)28-18/h12H,4-11H2,1-3H3,(H2,22,23,27). The number of ether oxygens (including phenoxy) is 1. The molecule has 8 heteroatoms. The Balaban J connectivity index is 1.85. The van der Waals surface area contributed by atoms with E-state index in [2.05, 4.69) is 15.7 Å². The Morgan fingerprint density at radius 3 is 2.68 bits per heavy atom. The number of rotatable bonds is 5. The van der Waals surface area contributed by atoms with Crippen LogP contribution >= 0.6 is 23.6 Å². The second-order valence-corrected chi connectivity index (χ2v) is 8.39. The summed E-state index contributed by atoms with van der Waals surface area (Å²) >= 11 is 7.15. The van der Waals surface area contributed by atoms with E-state index >= 15 is 0 Å². The Morgan fingerprint density at radius 1 is 1.25 bits per heavy atom. The van der Waals surface area contributed by atoms with Gasteiger partial charge < -0.3 is 15.4 Å². The van der Waals surface area contributed by atoms with Crippen molar-refractivity contribution in [2.75, 3.05) is 17.2 Å². The minimum absolute atomic E-state index is 0.263. The number of carbonyl (C=O) groups is 1. The van der Waals surface area contributed by atoms with Crippen molar-refractivity contribution < 1.29 is 9.53 Å². The molecule has 0 bridgehead atoms. The van der Waals surface area contributed by atoms with Gasteiger partial charge in [0.15, 0.2) is 5.11 Å². The van der Waals surface area contributed by atoms with Crippen molar-refractivity contribution in [2.45, 2.75) is 65.8 Å². The Kier molecular flexibility index (Phi) is 7.07. The topological polar surface area (TPSA) is 68.2 Å². The van der Waals surface area contributed by atoms with Gasteiger partial charge in [0.1, 0.15) is 5.00 Å². The summed E-state index contributed by atoms with van der Waals surface area (Å²) in [6, 6.07) is 0. The van der Waals surface area contributed by atoms with Gasteiger partial charge in [0.2, 0.25) is 0 Å². The molecule has 2 heterocycles. The summed E-state index contributed by atoms with van der Waals surface area (Å²) in [6.07, 6.45) is 8.42. The highest BCUT2D eigenvalue weighted by molar-refractivity contribution is 7.80. The van der Waals surface area contributed by atoms with Crippen LogP contribution in [0.25, 0.3) is 0 Å². The third-order valence-corrected chi connectivity index (χ3v) is 6.44. The summed E-state index contributed by atoms with van der Waals surface area (Å²) in [5.41, 5.74) is 3.69. The Morgan fingerprint density at radius 2 is 2.00 bits per heavy atom. The molecule has 2 aromatic rings. The van der Waals surface area contributed by atoms with Crippen molar-refractivity contribution in [3.05, 3.63) is 27.9 Å². The minimum atomic E-state index is -0.263. The van der Waals surface area contributed by atoms with E-state index in [9.17, 15) is 4.79 Å². The molecule has 3 rings (SSSR count). The van der Waals surface area contributed by atoms with E-state index in [1.54, 1.807) is 17.5 Å². The fourth-order valence-electron chi connectivity index (χ4n) is 3.57. The van der Waals surface area contributed by atoms with Crippen LogP contribution in [0.3, 0.4) is 0 Å². The molecule has 0 aromatic carbocycles. The predicted octanol–water partition coefficient (Wildman–Crippen LogP) is 4.92. The molecule has 0 atom stereocenters. The number of fused-ring (bicyclic) bond motifs is 1. The molecule has 0 saturated heterocycles. The number of anilines is 2. The zero-order chi connectivity index (χ0) is 20.1. The highest BCUT2D eigenvalue weighted by Crippen LogP contribution is 2.37. The van der Waals surface area contributed by atoms with E-state index in [0.717, 1.165) is 54.2 Å². The molecule has 2 aromatic heterocycles. The van der Waals surface area contributed by atoms with Crippen LogP contribution in [-0.2, 0) is 24.1 Å². The van der Waals surface area contributed by atoms with Gasteiger partial charge in [0.05, 0.1) is 29.7 Å². The second kappa shape index (κ2) is 9.52. The van der Waals surface area contributed by atoms with Crippen LogP contribution in [0.15, 0.2) is 6.20 Å². The zero-order valence-electron chi connectivity index (χ0n) is 16.8. The highest BCUT2D eigenvalue weighted by atomic mass is 32.1. The Bertz CT molecular complexity index is 857. The second-order valence-electron chi connectivity index (χ2n) is 6.88. The molecular formula is C20H28N4O2S2. The first-order valence-corrected chi connectivity index (χ1v) is 11.2. The number of hydrogen-bond acceptors (Lipinski definition) is 5. The van der Waals surface area contributed by atoms with Crippen molar-refractivity contribution in [3.63, 3.8) is 0 Å². The average Bonchev–Trinajstić information content (AvgIpc) is 3.15. The first kappa shape index (κ1) is 20.8. The lowest BCUT2D eigenvalue weighted by atomic mass is 9.96. The molecule has 2 N–H and O–H groups in total. The molecule has 0 aliphatic heterocycles. The fourth-order valence-corrected chi connectivity index (χ4v) is 5.13. The van der Waals surface area contributed by atoms with Crippen LogP contribution in [-0.4, -0.2) is 27.5 Å². The lowest BCUT2D eigenvalue weighted by Crippen LogP contribution is -2.21. The number of thiophene rings is 1. The van der Waals surface area contributed by atoms with Crippen LogP contribution in [0.4, 0.5) is 10.7 Å². The third kappa shape index (κ3) is 4.55. The van der Waals surface area contributed by atoms with Gasteiger partial charge in [-0.15, -0.1) is 11.3 Å². The van der Waals surface area contributed by atoms with Crippen molar-refractivity contribution in [1.82, 2.24) is 9.78 Å². The first-order chi connectivity index (χ1) is 13.5. The maximum atomic E-state index is 12.7. The van der Waals surface area contributed by atoms with Crippen LogP contribution < -0.4 is 10.6 Å². The van der Waals surface area contributed by atoms with E-state index < -0.39 is 0 Å². The number of thiocarbonyl (C=S) groups is 1. The lowest BCUT2D eigenvalue weighted by molar-refractivity contribution is 0.0526. The molecule has 152 valence electrons. The van der Waals surface area contributed by atoms with Gasteiger partial charge in [-0.2, -0.15) is 5.10 Å². The molecule has 1 aliphatic carbocycles. The summed E-state index contributed by atoms with van der Waals surface area (Å²) in [5, 5.41) is 12.0. The highest BCUT2D eigenvalue weighted by Gasteiger charge is 2.25. The fraction of sp³-hybridized carbons (Fsp3) is 0.550. The molecule has 28 heavy (non-hydrogen) atoms. The summed E-state index contributed by atoms with van der Waals surface area (Å²) in [4.78, 5) is 14.0. The zero-order valence-corrected chi connectivity index (χ0v) is 18.4. The smallest absolute Gasteiger partial charge is 0.341 e. The van der Waals surface area contributed by atoms with Crippen molar-refractivity contribution in [2.24, 2.45) is 0 Å². The van der Waals surface area contributed by atoms with Crippen LogP contribution in [0.1, 0.15) is 66.0 Å². The van der Waals surface area contributed by atoms with E-state index in [-0.39, 0.29) is 5.97 Å². The third-order valence-electron chi connectivity index (χ3n) is 5.03. The van der Waals surface area contributed by atoms with Gasteiger partial charge >= 0.3 is 5.97 Å². The minimum Gasteiger partial charge on any atom is -0.462 e. The Hall–Kier alpha value is -1.93. The van der Waals surface area contributed by atoms with E-state index in [1.807, 2.05) is 25.5 Å². The van der Waals surface area contributed by atoms with Gasteiger partial charge in [-0.1, -0.05) is 12.8 Å². The van der Waals surface area contributed by atoms with Crippen molar-refractivity contribution in [3.8, 4) is 0 Å². The first-order valence-electron chi connectivity index (χ1n) is 9.97. The van der Waals surface area contributed by atoms with Crippen LogP contribution in [0.5, 0.6) is 0 Å². The van der Waals surface area contributed by atoms with Crippen molar-refractivity contribution >= 4 is 45.3 Å². The largest absolute Gasteiger partial charge is 0.462 e. The molecular weight excluding hydrogens is 392 g/mol. The number of nitrogens with zero attached hydrogens (tertiary/aromatic N) is 2. The van der Waals surface area contributed by atoms with Crippen LogP contribution in [0, 0.1) is 6.92 Å². The molecule has 6 nitrogen and oxygen atoms in total. The number of aryl methyl sites for hydroxylation is 2. The molecule has 0 unspecified atom stereocenters. The van der Waals surface area contributed by atoms with Gasteiger partial charge in [0.25, 0.3) is 0 Å². The average molecular weight is 421 g/mol. The number of nitrogens with one attached hydrogen (secondary N) is 2. The molecule has 0 radical (unpaired) electrons. The van der Waals surface area contributed by atoms with E-state index in [4.69, 9.17) is 17.0 Å². The summed E-state index contributed by atoms with van der Waals surface area (Å²) in [6.45, 7) is 7.05. The van der Waals surface area contributed by atoms with Crippen LogP contribution in [0.2, 0.25) is 0 Å². The summed E-state index contributed by atoms with van der Waals surface area (Å²) in [5.74, 6) is -0.263. The SMILES string of the molecule is CCOC(=O)c1c(NC(=S)Nc2cnn(CC)c2C)sc2c1CCCCCC2. The number of aromatic nitrogens is 2. The number of carbonyl (C=O) groups excluding carboxylic acids is 1. The lowest BCUT2D eigenvalue weighted by Gasteiger charge is -2.12. The Labute approximate surface area is 175 Å². The molecule has 1 aliphatic rings. The molecule has 0 spiro atoms. The maximum absolute atomic E-state index is 12.7. The maximum Gasteiger partial charge on any atom is 0.341 e. The van der Waals surface area contributed by atoms with E-state index in [1.165, 1.54) is 17.7 Å². The monoisotopic (exact) mass is 420 g/mol. The van der Waals surface area contributed by atoms with E-state index in [0.29, 0.717) is 17.3 Å². The van der Waals surface area contributed by atoms with Gasteiger partial charge in [-0.05, 0) is 64.2 Å². The summed E-state index contributed by atoms with van der Waals surface area (Å²) in [7, 11) is 0. The van der Waals surface area contributed by atoms with Gasteiger partial charge in [0, 0.05) is 11.4 Å². The predicted molar refractivity (Wildman–Crippen MR) is 119 cm³/mol. The quantitative estimate of drug-likeness (QED) is 0.529. The van der Waals surface area contributed by atoms with Crippen molar-refractivity contribution in [1.29, 1.82) is 0 Å². The van der Waals surface area contributed by atoms with Gasteiger partial charge in [-0.25, -0.2) is 4.79 Å². The normalized spacial score (nSPS) is 14.0. The summed E-state index contributed by atoms with van der Waals surface area (Å²) < 4.78 is 7.26. The molecule has 0 saturated carbocycles. The number of esters is 1.